The molecule has 3 heteroatoms. The first-order valence-corrected chi connectivity index (χ1v) is 17.9. The maximum absolute atomic E-state index is 4.72. The maximum Gasteiger partial charge on any atom is 0.0166 e. The summed E-state index contributed by atoms with van der Waals surface area (Å²) >= 11 is 0. The van der Waals surface area contributed by atoms with Gasteiger partial charge in [0.05, 0.1) is 0 Å². The average Bonchev–Trinajstić information content (AvgIpc) is 3.73. The van der Waals surface area contributed by atoms with Gasteiger partial charge in [-0.1, -0.05) is 121 Å². The standard InChI is InChI=1S/C48H40N2.Ir/c1-34-30-36(14-13-35-15-17-41(18-16-35)47-12-6-7-28-49-47)32-44(31-34)46-11-5-4-10-45(46)40-23-25-42(26-24-40)48-33-43(27-29-50-48)39-21-19-38(20-22-39)37-8-2-3-9-37;/h4-7,10-12,15-17,19-25,27-33,37H,2-3,8-9,13-14H2,1H3;/q-2;. The minimum atomic E-state index is 0. The molecule has 0 unspecified atom stereocenters. The Morgan fingerprint density at radius 2 is 1.24 bits per heavy atom. The summed E-state index contributed by atoms with van der Waals surface area (Å²) in [6.07, 6.45) is 11.0. The van der Waals surface area contributed by atoms with Crippen LogP contribution in [-0.4, -0.2) is 9.97 Å². The molecule has 0 aliphatic heterocycles. The van der Waals surface area contributed by atoms with Gasteiger partial charge in [0.15, 0.2) is 0 Å². The molecule has 1 saturated carbocycles. The monoisotopic (exact) mass is 837 g/mol. The summed E-state index contributed by atoms with van der Waals surface area (Å²) in [6, 6.07) is 55.0. The van der Waals surface area contributed by atoms with E-state index in [9.17, 15) is 0 Å². The fraction of sp³-hybridized carbons (Fsp3) is 0.167. The molecule has 0 spiro atoms. The predicted molar refractivity (Wildman–Crippen MR) is 207 cm³/mol. The van der Waals surface area contributed by atoms with Gasteiger partial charge in [-0.2, -0.15) is 0 Å². The summed E-state index contributed by atoms with van der Waals surface area (Å²) in [5.41, 5.74) is 16.5. The van der Waals surface area contributed by atoms with Crippen LogP contribution in [0, 0.1) is 19.1 Å². The number of aromatic nitrogens is 2. The Bertz CT molecular complexity index is 2200. The van der Waals surface area contributed by atoms with Crippen LogP contribution in [0.2, 0.25) is 0 Å². The Balaban J connectivity index is 0.00000406. The molecule has 8 rings (SSSR count). The molecule has 2 heterocycles. The van der Waals surface area contributed by atoms with Gasteiger partial charge in [-0.05, 0) is 89.0 Å². The molecule has 0 saturated heterocycles. The zero-order chi connectivity index (χ0) is 33.7. The van der Waals surface area contributed by atoms with E-state index < -0.39 is 0 Å². The summed E-state index contributed by atoms with van der Waals surface area (Å²) < 4.78 is 0. The van der Waals surface area contributed by atoms with Crippen molar-refractivity contribution >= 4 is 0 Å². The number of aryl methyl sites for hydroxylation is 3. The minimum Gasteiger partial charge on any atom is -0.305 e. The van der Waals surface area contributed by atoms with Crippen LogP contribution in [0.15, 0.2) is 146 Å². The Morgan fingerprint density at radius 3 is 1.96 bits per heavy atom. The molecule has 5 aromatic carbocycles. The van der Waals surface area contributed by atoms with Gasteiger partial charge >= 0.3 is 0 Å². The zero-order valence-electron chi connectivity index (χ0n) is 28.9. The summed E-state index contributed by atoms with van der Waals surface area (Å²) in [4.78, 5) is 9.18. The van der Waals surface area contributed by atoms with Crippen molar-refractivity contribution in [3.63, 3.8) is 0 Å². The fourth-order valence-electron chi connectivity index (χ4n) is 7.45. The van der Waals surface area contributed by atoms with Gasteiger partial charge in [0.1, 0.15) is 0 Å². The number of pyridine rings is 2. The van der Waals surface area contributed by atoms with Crippen molar-refractivity contribution in [1.82, 2.24) is 9.97 Å². The molecule has 1 fully saturated rings. The minimum absolute atomic E-state index is 0. The average molecular weight is 837 g/mol. The summed E-state index contributed by atoms with van der Waals surface area (Å²) in [7, 11) is 0. The van der Waals surface area contributed by atoms with E-state index in [2.05, 4.69) is 139 Å². The van der Waals surface area contributed by atoms with Gasteiger partial charge in [-0.3, -0.25) is 0 Å². The molecule has 1 radical (unpaired) electrons. The number of benzene rings is 5. The molecule has 51 heavy (non-hydrogen) atoms. The number of hydrogen-bond donors (Lipinski definition) is 0. The van der Waals surface area contributed by atoms with Gasteiger partial charge < -0.3 is 9.97 Å². The second kappa shape index (κ2) is 15.9. The molecule has 2 nitrogen and oxygen atoms in total. The van der Waals surface area contributed by atoms with Gasteiger partial charge in [-0.15, -0.1) is 65.2 Å². The third kappa shape index (κ3) is 8.02. The molecule has 0 bridgehead atoms. The van der Waals surface area contributed by atoms with Crippen LogP contribution in [0.5, 0.6) is 0 Å². The van der Waals surface area contributed by atoms with Crippen LogP contribution >= 0.6 is 0 Å². The second-order valence-electron chi connectivity index (χ2n) is 13.6. The van der Waals surface area contributed by atoms with Gasteiger partial charge in [0.25, 0.3) is 0 Å². The predicted octanol–water partition coefficient (Wildman–Crippen LogP) is 12.2. The first-order valence-electron chi connectivity index (χ1n) is 17.9. The van der Waals surface area contributed by atoms with Crippen molar-refractivity contribution in [2.45, 2.75) is 51.4 Å². The van der Waals surface area contributed by atoms with Crippen LogP contribution in [0.4, 0.5) is 0 Å². The van der Waals surface area contributed by atoms with E-state index in [0.29, 0.717) is 0 Å². The zero-order valence-corrected chi connectivity index (χ0v) is 31.3. The van der Waals surface area contributed by atoms with E-state index in [4.69, 9.17) is 4.98 Å². The van der Waals surface area contributed by atoms with Gasteiger partial charge in [-0.25, -0.2) is 0 Å². The number of rotatable bonds is 9. The smallest absolute Gasteiger partial charge is 0.0166 e. The Hall–Kier alpha value is -4.95. The molecule has 0 amide bonds. The molecule has 7 aromatic rings. The first-order chi connectivity index (χ1) is 24.7. The topological polar surface area (TPSA) is 25.8 Å². The quantitative estimate of drug-likeness (QED) is 0.135. The van der Waals surface area contributed by atoms with Crippen LogP contribution in [0.25, 0.3) is 55.9 Å². The van der Waals surface area contributed by atoms with Crippen LogP contribution < -0.4 is 0 Å². The molecule has 253 valence electrons. The van der Waals surface area contributed by atoms with E-state index in [0.717, 1.165) is 46.8 Å². The molecule has 0 atom stereocenters. The van der Waals surface area contributed by atoms with Gasteiger partial charge in [0.2, 0.25) is 0 Å². The maximum atomic E-state index is 4.72. The molecule has 1 aliphatic rings. The summed E-state index contributed by atoms with van der Waals surface area (Å²) in [6.45, 7) is 2.19. The molecule has 2 aromatic heterocycles. The largest absolute Gasteiger partial charge is 0.305 e. The Morgan fingerprint density at radius 1 is 0.549 bits per heavy atom. The SMILES string of the molecule is Cc1cc(CCc2c[c-]c(-c3ccccn3)cc2)cc(-c2ccccc2-c2c[c-]c(-c3cc(-c4ccc(C5CCCC5)cc4)ccn3)cc2)c1.[Ir]. The van der Waals surface area contributed by atoms with E-state index >= 15 is 0 Å². The first kappa shape index (κ1) is 34.5. The second-order valence-corrected chi connectivity index (χ2v) is 13.6. The Labute approximate surface area is 316 Å². The molecular weight excluding hydrogens is 797 g/mol. The fourth-order valence-corrected chi connectivity index (χ4v) is 7.45. The summed E-state index contributed by atoms with van der Waals surface area (Å²) in [5.74, 6) is 0.731. The number of hydrogen-bond acceptors (Lipinski definition) is 2. The van der Waals surface area contributed by atoms with Crippen molar-refractivity contribution < 1.29 is 20.1 Å². The van der Waals surface area contributed by atoms with E-state index in [1.165, 1.54) is 75.8 Å². The van der Waals surface area contributed by atoms with E-state index in [1.54, 1.807) is 0 Å². The summed E-state index contributed by atoms with van der Waals surface area (Å²) in [5, 5.41) is 0. The molecule has 1 aliphatic carbocycles. The van der Waals surface area contributed by atoms with Crippen molar-refractivity contribution in [1.29, 1.82) is 0 Å². The van der Waals surface area contributed by atoms with Gasteiger partial charge in [0, 0.05) is 32.5 Å². The van der Waals surface area contributed by atoms with E-state index in [-0.39, 0.29) is 20.1 Å². The van der Waals surface area contributed by atoms with Crippen LogP contribution in [0.3, 0.4) is 0 Å². The van der Waals surface area contributed by atoms with E-state index in [1.807, 2.05) is 30.6 Å². The molecule has 0 N–H and O–H groups in total. The van der Waals surface area contributed by atoms with Crippen molar-refractivity contribution in [3.05, 3.63) is 180 Å². The molecular formula is C48H40IrN2-2. The van der Waals surface area contributed by atoms with Crippen molar-refractivity contribution in [3.8, 4) is 55.9 Å². The normalized spacial score (nSPS) is 12.8. The Kier molecular flexibility index (Phi) is 10.8. The third-order valence-electron chi connectivity index (χ3n) is 10.1. The third-order valence-corrected chi connectivity index (χ3v) is 10.1. The van der Waals surface area contributed by atoms with Crippen molar-refractivity contribution in [2.24, 2.45) is 0 Å². The number of nitrogens with zero attached hydrogens (tertiary/aromatic N) is 2. The van der Waals surface area contributed by atoms with Crippen LogP contribution in [0.1, 0.15) is 53.9 Å². The van der Waals surface area contributed by atoms with Crippen molar-refractivity contribution in [2.75, 3.05) is 0 Å². The van der Waals surface area contributed by atoms with Crippen LogP contribution in [-0.2, 0) is 32.9 Å².